The van der Waals surface area contributed by atoms with Gasteiger partial charge in [-0.25, -0.2) is 0 Å². The van der Waals surface area contributed by atoms with Gasteiger partial charge in [-0.1, -0.05) is 47.7 Å². The van der Waals surface area contributed by atoms with E-state index in [9.17, 15) is 4.79 Å². The van der Waals surface area contributed by atoms with Crippen molar-refractivity contribution in [1.82, 2.24) is 10.2 Å². The Kier molecular flexibility index (Phi) is 6.10. The van der Waals surface area contributed by atoms with E-state index in [2.05, 4.69) is 51.6 Å². The van der Waals surface area contributed by atoms with Gasteiger partial charge in [0, 0.05) is 23.7 Å². The molecule has 4 rings (SSSR count). The van der Waals surface area contributed by atoms with Crippen LogP contribution in [0.2, 0.25) is 0 Å². The highest BCUT2D eigenvalue weighted by Gasteiger charge is 2.26. The molecule has 2 heterocycles. The lowest BCUT2D eigenvalue weighted by molar-refractivity contribution is -0.120. The van der Waals surface area contributed by atoms with Gasteiger partial charge < -0.3 is 10.2 Å². The molecule has 1 N–H and O–H groups in total. The van der Waals surface area contributed by atoms with E-state index in [0.29, 0.717) is 6.54 Å². The Hall–Kier alpha value is -2.86. The van der Waals surface area contributed by atoms with Gasteiger partial charge in [-0.3, -0.25) is 4.79 Å². The second-order valence-corrected chi connectivity index (χ2v) is 8.38. The lowest BCUT2D eigenvalue weighted by atomic mass is 9.97. The second kappa shape index (κ2) is 9.09. The fourth-order valence-electron chi connectivity index (χ4n) is 3.43. The molecule has 3 aromatic rings. The number of carbonyl (C=O) groups is 1. The van der Waals surface area contributed by atoms with E-state index < -0.39 is 0 Å². The van der Waals surface area contributed by atoms with Crippen LogP contribution in [0.4, 0.5) is 11.5 Å². The molecule has 0 aliphatic carbocycles. The first-order valence-corrected chi connectivity index (χ1v) is 10.7. The predicted octanol–water partition coefficient (Wildman–Crippen LogP) is 4.79. The van der Waals surface area contributed by atoms with Crippen molar-refractivity contribution >= 4 is 29.2 Å². The van der Waals surface area contributed by atoms with Crippen molar-refractivity contribution in [2.75, 3.05) is 23.3 Å². The van der Waals surface area contributed by atoms with Gasteiger partial charge in [0.15, 0.2) is 5.82 Å². The molecule has 148 valence electrons. The summed E-state index contributed by atoms with van der Waals surface area (Å²) in [5.41, 5.74) is 2.08. The summed E-state index contributed by atoms with van der Waals surface area (Å²) < 4.78 is 0. The summed E-state index contributed by atoms with van der Waals surface area (Å²) in [6.45, 7) is 3.64. The second-order valence-electron chi connectivity index (χ2n) is 7.29. The fourth-order valence-corrected chi connectivity index (χ4v) is 4.16. The summed E-state index contributed by atoms with van der Waals surface area (Å²) in [6.07, 6.45) is 1.86. The fraction of sp³-hybridized carbons (Fsp3) is 0.261. The normalized spacial score (nSPS) is 16.4. The van der Waals surface area contributed by atoms with Crippen LogP contribution in [0.3, 0.4) is 0 Å². The van der Waals surface area contributed by atoms with Crippen molar-refractivity contribution in [1.29, 1.82) is 0 Å². The quantitative estimate of drug-likeness (QED) is 0.662. The number of rotatable bonds is 5. The Labute approximate surface area is 175 Å². The third-order valence-electron chi connectivity index (χ3n) is 5.03. The number of benzene rings is 2. The summed E-state index contributed by atoms with van der Waals surface area (Å²) in [6, 6.07) is 22.0. The van der Waals surface area contributed by atoms with E-state index in [-0.39, 0.29) is 11.8 Å². The van der Waals surface area contributed by atoms with Crippen LogP contribution < -0.4 is 10.2 Å². The van der Waals surface area contributed by atoms with Gasteiger partial charge in [-0.15, -0.1) is 10.2 Å². The largest absolute Gasteiger partial charge is 0.354 e. The number of anilines is 2. The zero-order valence-electron chi connectivity index (χ0n) is 16.4. The Bertz CT molecular complexity index is 945. The average molecular weight is 405 g/mol. The van der Waals surface area contributed by atoms with Gasteiger partial charge in [-0.05, 0) is 56.2 Å². The topological polar surface area (TPSA) is 58.1 Å². The third kappa shape index (κ3) is 5.15. The Balaban J connectivity index is 1.37. The zero-order chi connectivity index (χ0) is 20.1. The lowest BCUT2D eigenvalue weighted by Gasteiger charge is -2.32. The van der Waals surface area contributed by atoms with Crippen LogP contribution in [-0.2, 0) is 4.79 Å². The molecule has 29 heavy (non-hydrogen) atoms. The summed E-state index contributed by atoms with van der Waals surface area (Å²) in [4.78, 5) is 16.0. The summed E-state index contributed by atoms with van der Waals surface area (Å²) >= 11 is 1.60. The first kappa shape index (κ1) is 19.5. The molecule has 1 aliphatic heterocycles. The maximum Gasteiger partial charge on any atom is 0.229 e. The summed E-state index contributed by atoms with van der Waals surface area (Å²) in [5.74, 6) is 0.850. The van der Waals surface area contributed by atoms with Crippen LogP contribution in [0, 0.1) is 12.8 Å². The van der Waals surface area contributed by atoms with E-state index >= 15 is 0 Å². The highest BCUT2D eigenvalue weighted by molar-refractivity contribution is 7.99. The molecule has 0 bridgehead atoms. The molecule has 6 heteroatoms. The zero-order valence-corrected chi connectivity index (χ0v) is 17.2. The molecule has 1 saturated heterocycles. The molecule has 2 aromatic carbocycles. The number of para-hydroxylation sites is 1. The first-order chi connectivity index (χ1) is 14.2. The minimum Gasteiger partial charge on any atom is -0.354 e. The van der Waals surface area contributed by atoms with E-state index in [1.165, 1.54) is 5.56 Å². The number of carbonyl (C=O) groups excluding carboxylic acids is 1. The molecular weight excluding hydrogens is 380 g/mol. The van der Waals surface area contributed by atoms with Crippen LogP contribution >= 0.6 is 11.8 Å². The molecule has 1 amide bonds. The molecule has 0 radical (unpaired) electrons. The highest BCUT2D eigenvalue weighted by Crippen LogP contribution is 2.28. The SMILES string of the molecule is Cc1ccc(Sc2ccc(N3CCC[C@@H](C(=O)Nc4ccccc4)C3)nn2)cc1. The van der Waals surface area contributed by atoms with Crippen LogP contribution in [0.1, 0.15) is 18.4 Å². The molecule has 1 atom stereocenters. The van der Waals surface area contributed by atoms with Crippen molar-refractivity contribution < 1.29 is 4.79 Å². The van der Waals surface area contributed by atoms with Crippen LogP contribution in [0.15, 0.2) is 76.7 Å². The minimum absolute atomic E-state index is 0.0487. The van der Waals surface area contributed by atoms with Crippen molar-refractivity contribution in [3.8, 4) is 0 Å². The number of amides is 1. The average Bonchev–Trinajstić information content (AvgIpc) is 2.77. The van der Waals surface area contributed by atoms with Gasteiger partial charge in [0.25, 0.3) is 0 Å². The van der Waals surface area contributed by atoms with Gasteiger partial charge in [0.05, 0.1) is 5.92 Å². The molecule has 1 fully saturated rings. The Morgan fingerprint density at radius 1 is 1.03 bits per heavy atom. The summed E-state index contributed by atoms with van der Waals surface area (Å²) in [5, 5.41) is 12.7. The van der Waals surface area contributed by atoms with E-state index in [0.717, 1.165) is 40.8 Å². The van der Waals surface area contributed by atoms with Crippen molar-refractivity contribution in [2.45, 2.75) is 29.7 Å². The highest BCUT2D eigenvalue weighted by atomic mass is 32.2. The van der Waals surface area contributed by atoms with Crippen LogP contribution in [-0.4, -0.2) is 29.2 Å². The van der Waals surface area contributed by atoms with Gasteiger partial charge in [0.2, 0.25) is 5.91 Å². The number of nitrogens with zero attached hydrogens (tertiary/aromatic N) is 3. The molecule has 0 spiro atoms. The molecule has 1 aromatic heterocycles. The molecule has 0 saturated carbocycles. The van der Waals surface area contributed by atoms with Gasteiger partial charge >= 0.3 is 0 Å². The summed E-state index contributed by atoms with van der Waals surface area (Å²) in [7, 11) is 0. The molecule has 0 unspecified atom stereocenters. The monoisotopic (exact) mass is 404 g/mol. The molecule has 5 nitrogen and oxygen atoms in total. The molecular formula is C23H24N4OS. The van der Waals surface area contributed by atoms with Crippen molar-refractivity contribution in [2.24, 2.45) is 5.92 Å². The van der Waals surface area contributed by atoms with Crippen molar-refractivity contribution in [3.05, 3.63) is 72.3 Å². The van der Waals surface area contributed by atoms with E-state index in [1.54, 1.807) is 11.8 Å². The smallest absolute Gasteiger partial charge is 0.229 e. The number of hydrogen-bond acceptors (Lipinski definition) is 5. The maximum absolute atomic E-state index is 12.6. The number of aromatic nitrogens is 2. The number of hydrogen-bond donors (Lipinski definition) is 1. The maximum atomic E-state index is 12.6. The van der Waals surface area contributed by atoms with Crippen molar-refractivity contribution in [3.63, 3.8) is 0 Å². The minimum atomic E-state index is -0.0487. The first-order valence-electron chi connectivity index (χ1n) is 9.86. The van der Waals surface area contributed by atoms with E-state index in [4.69, 9.17) is 0 Å². The van der Waals surface area contributed by atoms with E-state index in [1.807, 2.05) is 42.5 Å². The van der Waals surface area contributed by atoms with Crippen LogP contribution in [0.25, 0.3) is 0 Å². The van der Waals surface area contributed by atoms with Crippen LogP contribution in [0.5, 0.6) is 0 Å². The number of aryl methyl sites for hydroxylation is 1. The number of nitrogens with one attached hydrogen (secondary N) is 1. The lowest BCUT2D eigenvalue weighted by Crippen LogP contribution is -2.41. The number of piperidine rings is 1. The molecule has 1 aliphatic rings. The predicted molar refractivity (Wildman–Crippen MR) is 117 cm³/mol. The Morgan fingerprint density at radius 3 is 2.55 bits per heavy atom. The van der Waals surface area contributed by atoms with Gasteiger partial charge in [0.1, 0.15) is 5.03 Å². The Morgan fingerprint density at radius 2 is 1.83 bits per heavy atom. The standard InChI is InChI=1S/C23H24N4OS/c1-17-9-11-20(12-10-17)29-22-14-13-21(25-26-22)27-15-5-6-18(16-27)23(28)24-19-7-3-2-4-8-19/h2-4,7-14,18H,5-6,15-16H2,1H3,(H,24,28)/t18-/m1/s1. The third-order valence-corrected chi connectivity index (χ3v) is 5.96. The van der Waals surface area contributed by atoms with Gasteiger partial charge in [-0.2, -0.15) is 0 Å².